The van der Waals surface area contributed by atoms with E-state index in [4.69, 9.17) is 4.42 Å². The van der Waals surface area contributed by atoms with Crippen LogP contribution in [0.25, 0.3) is 11.3 Å². The maximum Gasteiger partial charge on any atom is 0.255 e. The highest BCUT2D eigenvalue weighted by Crippen LogP contribution is 2.21. The topological polar surface area (TPSA) is 120 Å². The Balaban J connectivity index is 1.58. The zero-order chi connectivity index (χ0) is 18.5. The molecule has 3 heterocycles. The number of nitrogens with one attached hydrogen (secondary N) is 3. The lowest BCUT2D eigenvalue weighted by Crippen LogP contribution is -2.46. The third kappa shape index (κ3) is 3.93. The van der Waals surface area contributed by atoms with E-state index in [9.17, 15) is 14.4 Å². The van der Waals surface area contributed by atoms with Crippen LogP contribution in [0.15, 0.2) is 29.2 Å². The zero-order valence-electron chi connectivity index (χ0n) is 14.4. The Bertz CT molecular complexity index is 783. The Morgan fingerprint density at radius 2 is 2.23 bits per heavy atom. The number of hydrogen-bond donors (Lipinski definition) is 3. The lowest BCUT2D eigenvalue weighted by molar-refractivity contribution is -0.133. The van der Waals surface area contributed by atoms with Gasteiger partial charge in [0.2, 0.25) is 11.8 Å². The normalized spacial score (nSPS) is 16.5. The minimum atomic E-state index is -0.267. The number of aromatic nitrogens is 2. The van der Waals surface area contributed by atoms with E-state index < -0.39 is 0 Å². The second kappa shape index (κ2) is 7.85. The molecule has 3 rings (SSSR count). The second-order valence-electron chi connectivity index (χ2n) is 6.17. The molecular formula is C17H21N5O4. The minimum Gasteiger partial charge on any atom is -0.472 e. The van der Waals surface area contributed by atoms with E-state index in [2.05, 4.69) is 20.8 Å². The molecule has 0 radical (unpaired) electrons. The van der Waals surface area contributed by atoms with Gasteiger partial charge in [-0.15, -0.1) is 0 Å². The number of carbonyl (C=O) groups is 3. The van der Waals surface area contributed by atoms with Gasteiger partial charge in [0.05, 0.1) is 36.5 Å². The monoisotopic (exact) mass is 359 g/mol. The number of hydrogen-bond acceptors (Lipinski definition) is 5. The van der Waals surface area contributed by atoms with Crippen LogP contribution in [-0.4, -0.2) is 58.5 Å². The van der Waals surface area contributed by atoms with Crippen LogP contribution < -0.4 is 10.6 Å². The summed E-state index contributed by atoms with van der Waals surface area (Å²) < 4.78 is 5.04. The lowest BCUT2D eigenvalue weighted by atomic mass is 10.1. The van der Waals surface area contributed by atoms with Gasteiger partial charge in [-0.1, -0.05) is 0 Å². The van der Waals surface area contributed by atoms with Gasteiger partial charge in [-0.05, 0) is 18.9 Å². The van der Waals surface area contributed by atoms with E-state index in [-0.39, 0.29) is 30.3 Å². The van der Waals surface area contributed by atoms with Gasteiger partial charge in [-0.25, -0.2) is 0 Å². The molecule has 1 atom stereocenters. The lowest BCUT2D eigenvalue weighted by Gasteiger charge is -2.25. The van der Waals surface area contributed by atoms with Gasteiger partial charge in [0.15, 0.2) is 0 Å². The number of H-pyrrole nitrogens is 1. The minimum absolute atomic E-state index is 0.0217. The van der Waals surface area contributed by atoms with E-state index in [0.717, 1.165) is 18.4 Å². The molecular weight excluding hydrogens is 338 g/mol. The van der Waals surface area contributed by atoms with Gasteiger partial charge in [0.25, 0.3) is 5.91 Å². The molecule has 0 aromatic carbocycles. The Labute approximate surface area is 150 Å². The number of amides is 3. The number of aromatic amines is 1. The molecule has 2 aromatic rings. The first kappa shape index (κ1) is 17.7. The van der Waals surface area contributed by atoms with Crippen LogP contribution in [0.4, 0.5) is 0 Å². The highest BCUT2D eigenvalue weighted by atomic mass is 16.3. The fourth-order valence-electron chi connectivity index (χ4n) is 3.07. The van der Waals surface area contributed by atoms with Crippen LogP contribution in [0.5, 0.6) is 0 Å². The molecule has 0 spiro atoms. The van der Waals surface area contributed by atoms with Crippen LogP contribution in [0.2, 0.25) is 0 Å². The summed E-state index contributed by atoms with van der Waals surface area (Å²) in [7, 11) is 0. The van der Waals surface area contributed by atoms with E-state index in [1.807, 2.05) is 0 Å². The van der Waals surface area contributed by atoms with E-state index in [1.165, 1.54) is 25.6 Å². The molecule has 0 aliphatic carbocycles. The number of rotatable bonds is 6. The molecule has 2 aromatic heterocycles. The van der Waals surface area contributed by atoms with Crippen LogP contribution in [0.1, 0.15) is 30.1 Å². The molecule has 1 saturated heterocycles. The van der Waals surface area contributed by atoms with Crippen LogP contribution in [0.3, 0.4) is 0 Å². The number of furan rings is 1. The van der Waals surface area contributed by atoms with Gasteiger partial charge < -0.3 is 20.0 Å². The molecule has 1 aliphatic rings. The Morgan fingerprint density at radius 1 is 1.38 bits per heavy atom. The highest BCUT2D eigenvalue weighted by molar-refractivity contribution is 5.99. The van der Waals surface area contributed by atoms with E-state index >= 15 is 0 Å². The van der Waals surface area contributed by atoms with Crippen molar-refractivity contribution in [2.24, 2.45) is 0 Å². The van der Waals surface area contributed by atoms with Gasteiger partial charge in [0.1, 0.15) is 0 Å². The van der Waals surface area contributed by atoms with Crippen LogP contribution in [0, 0.1) is 0 Å². The molecule has 1 aliphatic heterocycles. The van der Waals surface area contributed by atoms with Gasteiger partial charge in [-0.3, -0.25) is 19.5 Å². The maximum absolute atomic E-state index is 12.5. The summed E-state index contributed by atoms with van der Waals surface area (Å²) in [4.78, 5) is 37.4. The molecule has 1 fully saturated rings. The van der Waals surface area contributed by atoms with Crippen molar-refractivity contribution in [3.05, 3.63) is 30.4 Å². The Hall–Kier alpha value is -3.10. The summed E-state index contributed by atoms with van der Waals surface area (Å²) in [5.41, 5.74) is 1.74. The quantitative estimate of drug-likeness (QED) is 0.695. The first-order chi connectivity index (χ1) is 12.6. The SMILES string of the molecule is CC(=O)NCC(=O)N1CCCC1CNC(=O)c1cn[nH]c1-c1ccoc1. The summed E-state index contributed by atoms with van der Waals surface area (Å²) in [6.45, 7) is 2.33. The average molecular weight is 359 g/mol. The molecule has 138 valence electrons. The third-order valence-electron chi connectivity index (χ3n) is 4.38. The van der Waals surface area contributed by atoms with Gasteiger partial charge >= 0.3 is 0 Å². The Morgan fingerprint density at radius 3 is 2.96 bits per heavy atom. The summed E-state index contributed by atoms with van der Waals surface area (Å²) in [6.07, 6.45) is 6.20. The number of likely N-dealkylation sites (tertiary alicyclic amines) is 1. The summed E-state index contributed by atoms with van der Waals surface area (Å²) in [5.74, 6) is -0.649. The van der Waals surface area contributed by atoms with Crippen molar-refractivity contribution >= 4 is 17.7 Å². The first-order valence-corrected chi connectivity index (χ1v) is 8.44. The number of carbonyl (C=O) groups excluding carboxylic acids is 3. The average Bonchev–Trinajstić information content (AvgIpc) is 3.37. The largest absolute Gasteiger partial charge is 0.472 e. The van der Waals surface area contributed by atoms with Crippen molar-refractivity contribution in [3.63, 3.8) is 0 Å². The van der Waals surface area contributed by atoms with Gasteiger partial charge in [0, 0.05) is 31.6 Å². The molecule has 3 N–H and O–H groups in total. The molecule has 26 heavy (non-hydrogen) atoms. The second-order valence-corrected chi connectivity index (χ2v) is 6.17. The van der Waals surface area contributed by atoms with Crippen LogP contribution in [-0.2, 0) is 9.59 Å². The maximum atomic E-state index is 12.5. The van der Waals surface area contributed by atoms with Gasteiger partial charge in [-0.2, -0.15) is 5.10 Å². The fraction of sp³-hybridized carbons (Fsp3) is 0.412. The van der Waals surface area contributed by atoms with E-state index in [0.29, 0.717) is 24.3 Å². The fourth-order valence-corrected chi connectivity index (χ4v) is 3.07. The summed E-state index contributed by atoms with van der Waals surface area (Å²) >= 11 is 0. The third-order valence-corrected chi connectivity index (χ3v) is 4.38. The van der Waals surface area contributed by atoms with Crippen molar-refractivity contribution < 1.29 is 18.8 Å². The molecule has 0 bridgehead atoms. The zero-order valence-corrected chi connectivity index (χ0v) is 14.4. The van der Waals surface area contributed by atoms with Crippen LogP contribution >= 0.6 is 0 Å². The summed E-state index contributed by atoms with van der Waals surface area (Å²) in [5, 5.41) is 12.1. The standard InChI is InChI=1S/C17H21N5O4/c1-11(23)18-9-15(24)22-5-2-3-13(22)7-19-17(25)14-8-20-21-16(14)12-4-6-26-10-12/h4,6,8,10,13H,2-3,5,7,9H2,1H3,(H,18,23)(H,19,25)(H,20,21). The molecule has 9 nitrogen and oxygen atoms in total. The van der Waals surface area contributed by atoms with E-state index in [1.54, 1.807) is 11.0 Å². The van der Waals surface area contributed by atoms with Crippen molar-refractivity contribution in [3.8, 4) is 11.3 Å². The van der Waals surface area contributed by atoms with Crippen molar-refractivity contribution in [1.82, 2.24) is 25.7 Å². The van der Waals surface area contributed by atoms with Crippen molar-refractivity contribution in [2.75, 3.05) is 19.6 Å². The predicted octanol–water partition coefficient (Wildman–Crippen LogP) is 0.527. The number of nitrogens with zero attached hydrogens (tertiary/aromatic N) is 2. The summed E-state index contributed by atoms with van der Waals surface area (Å²) in [6, 6.07) is 1.66. The molecule has 3 amide bonds. The Kier molecular flexibility index (Phi) is 5.35. The smallest absolute Gasteiger partial charge is 0.255 e. The molecule has 9 heteroatoms. The molecule has 0 saturated carbocycles. The molecule has 1 unspecified atom stereocenters. The van der Waals surface area contributed by atoms with Crippen molar-refractivity contribution in [2.45, 2.75) is 25.8 Å². The first-order valence-electron chi connectivity index (χ1n) is 8.44. The predicted molar refractivity (Wildman–Crippen MR) is 92.0 cm³/mol. The van der Waals surface area contributed by atoms with Crippen molar-refractivity contribution in [1.29, 1.82) is 0 Å². The highest BCUT2D eigenvalue weighted by Gasteiger charge is 2.29.